The standard InChI is InChI=1S/C18H16ClN3O2S/c1-22-16(13-7-9-15(19)10-8-13)20-21-18(22)25-12-11-24-17(23)14-5-3-2-4-6-14/h2-10H,11-12H2,1H3. The Morgan fingerprint density at radius 1 is 1.12 bits per heavy atom. The van der Waals surface area contributed by atoms with Gasteiger partial charge in [0.15, 0.2) is 11.0 Å². The van der Waals surface area contributed by atoms with Crippen LogP contribution in [-0.4, -0.2) is 33.1 Å². The molecule has 1 aromatic heterocycles. The minimum Gasteiger partial charge on any atom is -0.461 e. The van der Waals surface area contributed by atoms with E-state index in [4.69, 9.17) is 16.3 Å². The van der Waals surface area contributed by atoms with E-state index < -0.39 is 0 Å². The smallest absolute Gasteiger partial charge is 0.338 e. The SMILES string of the molecule is Cn1c(SCCOC(=O)c2ccccc2)nnc1-c1ccc(Cl)cc1. The van der Waals surface area contributed by atoms with E-state index in [0.717, 1.165) is 16.5 Å². The molecule has 2 aromatic carbocycles. The lowest BCUT2D eigenvalue weighted by Gasteiger charge is -2.05. The van der Waals surface area contributed by atoms with Gasteiger partial charge in [0.2, 0.25) is 0 Å². The van der Waals surface area contributed by atoms with Crippen LogP contribution in [0.2, 0.25) is 5.02 Å². The monoisotopic (exact) mass is 373 g/mol. The van der Waals surface area contributed by atoms with E-state index in [-0.39, 0.29) is 5.97 Å². The molecule has 0 saturated carbocycles. The molecule has 3 rings (SSSR count). The molecule has 3 aromatic rings. The Bertz CT molecular complexity index is 851. The van der Waals surface area contributed by atoms with Gasteiger partial charge in [-0.2, -0.15) is 0 Å². The molecule has 5 nitrogen and oxygen atoms in total. The van der Waals surface area contributed by atoms with Crippen molar-refractivity contribution in [3.05, 3.63) is 65.2 Å². The normalized spacial score (nSPS) is 10.6. The van der Waals surface area contributed by atoms with Crippen molar-refractivity contribution in [2.75, 3.05) is 12.4 Å². The van der Waals surface area contributed by atoms with E-state index in [1.165, 1.54) is 11.8 Å². The predicted octanol–water partition coefficient (Wildman–Crippen LogP) is 4.08. The molecule has 0 bridgehead atoms. The Morgan fingerprint density at radius 3 is 2.56 bits per heavy atom. The third-order valence-electron chi connectivity index (χ3n) is 3.49. The van der Waals surface area contributed by atoms with E-state index in [0.29, 0.717) is 22.9 Å². The number of carbonyl (C=O) groups excluding carboxylic acids is 1. The number of hydrogen-bond acceptors (Lipinski definition) is 5. The Balaban J connectivity index is 1.54. The lowest BCUT2D eigenvalue weighted by molar-refractivity contribution is 0.0530. The van der Waals surface area contributed by atoms with Crippen LogP contribution < -0.4 is 0 Å². The van der Waals surface area contributed by atoms with Crippen molar-refractivity contribution in [2.24, 2.45) is 7.05 Å². The van der Waals surface area contributed by atoms with Gasteiger partial charge in [0.25, 0.3) is 0 Å². The maximum Gasteiger partial charge on any atom is 0.338 e. The Labute approximate surface area is 155 Å². The minimum atomic E-state index is -0.319. The second kappa shape index (κ2) is 8.18. The third kappa shape index (κ3) is 4.41. The maximum atomic E-state index is 11.9. The van der Waals surface area contributed by atoms with Gasteiger partial charge in [-0.1, -0.05) is 41.6 Å². The van der Waals surface area contributed by atoms with Gasteiger partial charge in [-0.25, -0.2) is 4.79 Å². The fraction of sp³-hybridized carbons (Fsp3) is 0.167. The van der Waals surface area contributed by atoms with Crippen LogP contribution in [0.4, 0.5) is 0 Å². The molecule has 0 fully saturated rings. The number of aromatic nitrogens is 3. The largest absolute Gasteiger partial charge is 0.461 e. The molecule has 0 saturated heterocycles. The zero-order chi connectivity index (χ0) is 17.6. The van der Waals surface area contributed by atoms with Crippen molar-refractivity contribution < 1.29 is 9.53 Å². The van der Waals surface area contributed by atoms with Crippen molar-refractivity contribution in [1.82, 2.24) is 14.8 Å². The molecular formula is C18H16ClN3O2S. The molecule has 0 unspecified atom stereocenters. The van der Waals surface area contributed by atoms with Gasteiger partial charge in [-0.05, 0) is 36.4 Å². The first-order chi connectivity index (χ1) is 12.1. The highest BCUT2D eigenvalue weighted by Crippen LogP contribution is 2.23. The lowest BCUT2D eigenvalue weighted by Crippen LogP contribution is -2.08. The summed E-state index contributed by atoms with van der Waals surface area (Å²) in [7, 11) is 1.91. The molecule has 0 atom stereocenters. The average Bonchev–Trinajstić information content (AvgIpc) is 3.01. The van der Waals surface area contributed by atoms with Crippen LogP contribution in [0.3, 0.4) is 0 Å². The highest BCUT2D eigenvalue weighted by atomic mass is 35.5. The van der Waals surface area contributed by atoms with Crippen LogP contribution in [0.15, 0.2) is 59.8 Å². The zero-order valence-electron chi connectivity index (χ0n) is 13.6. The van der Waals surface area contributed by atoms with E-state index in [2.05, 4.69) is 10.2 Å². The summed E-state index contributed by atoms with van der Waals surface area (Å²) < 4.78 is 7.17. The molecule has 0 aliphatic rings. The zero-order valence-corrected chi connectivity index (χ0v) is 15.1. The van der Waals surface area contributed by atoms with Crippen molar-refractivity contribution >= 4 is 29.3 Å². The maximum absolute atomic E-state index is 11.9. The summed E-state index contributed by atoms with van der Waals surface area (Å²) in [6.07, 6.45) is 0. The van der Waals surface area contributed by atoms with Gasteiger partial charge >= 0.3 is 5.97 Å². The van der Waals surface area contributed by atoms with Gasteiger partial charge in [0.05, 0.1) is 5.56 Å². The summed E-state index contributed by atoms with van der Waals surface area (Å²) in [4.78, 5) is 11.9. The fourth-order valence-corrected chi connectivity index (χ4v) is 3.07. The van der Waals surface area contributed by atoms with Gasteiger partial charge in [0, 0.05) is 23.4 Å². The number of ether oxygens (including phenoxy) is 1. The number of halogens is 1. The molecule has 0 N–H and O–H groups in total. The molecule has 7 heteroatoms. The van der Waals surface area contributed by atoms with Crippen LogP contribution in [0.1, 0.15) is 10.4 Å². The molecule has 0 spiro atoms. The molecule has 0 aliphatic heterocycles. The van der Waals surface area contributed by atoms with E-state index in [1.807, 2.05) is 54.1 Å². The molecule has 25 heavy (non-hydrogen) atoms. The fourth-order valence-electron chi connectivity index (χ4n) is 2.22. The minimum absolute atomic E-state index is 0.307. The Hall–Kier alpha value is -2.31. The van der Waals surface area contributed by atoms with Crippen LogP contribution in [0.5, 0.6) is 0 Å². The predicted molar refractivity (Wildman–Crippen MR) is 98.9 cm³/mol. The second-order valence-electron chi connectivity index (χ2n) is 5.22. The summed E-state index contributed by atoms with van der Waals surface area (Å²) in [6.45, 7) is 0.307. The molecule has 0 amide bonds. The van der Waals surface area contributed by atoms with Crippen LogP contribution in [0.25, 0.3) is 11.4 Å². The number of nitrogens with zero attached hydrogens (tertiary/aromatic N) is 3. The van der Waals surface area contributed by atoms with Gasteiger partial charge in [-0.15, -0.1) is 10.2 Å². The van der Waals surface area contributed by atoms with Gasteiger partial charge < -0.3 is 9.30 Å². The van der Waals surface area contributed by atoms with Crippen molar-refractivity contribution in [1.29, 1.82) is 0 Å². The molecule has 0 radical (unpaired) electrons. The number of esters is 1. The van der Waals surface area contributed by atoms with E-state index in [9.17, 15) is 4.79 Å². The van der Waals surface area contributed by atoms with E-state index in [1.54, 1.807) is 12.1 Å². The number of carbonyl (C=O) groups is 1. The van der Waals surface area contributed by atoms with Crippen molar-refractivity contribution in [3.63, 3.8) is 0 Å². The summed E-state index contributed by atoms with van der Waals surface area (Å²) in [5.74, 6) is 1.05. The topological polar surface area (TPSA) is 57.0 Å². The first-order valence-corrected chi connectivity index (χ1v) is 9.02. The number of hydrogen-bond donors (Lipinski definition) is 0. The first kappa shape index (κ1) is 17.5. The van der Waals surface area contributed by atoms with Crippen LogP contribution in [0, 0.1) is 0 Å². The van der Waals surface area contributed by atoms with Gasteiger partial charge in [0.1, 0.15) is 6.61 Å². The second-order valence-corrected chi connectivity index (χ2v) is 6.72. The summed E-state index contributed by atoms with van der Waals surface area (Å²) in [5.41, 5.74) is 1.50. The van der Waals surface area contributed by atoms with Crippen LogP contribution >= 0.6 is 23.4 Å². The Kier molecular flexibility index (Phi) is 5.73. The molecule has 0 aliphatic carbocycles. The highest BCUT2D eigenvalue weighted by molar-refractivity contribution is 7.99. The first-order valence-electron chi connectivity index (χ1n) is 7.65. The number of thioether (sulfide) groups is 1. The summed E-state index contributed by atoms with van der Waals surface area (Å²) >= 11 is 7.40. The van der Waals surface area contributed by atoms with Crippen LogP contribution in [-0.2, 0) is 11.8 Å². The van der Waals surface area contributed by atoms with Crippen molar-refractivity contribution in [2.45, 2.75) is 5.16 Å². The summed E-state index contributed by atoms with van der Waals surface area (Å²) in [6, 6.07) is 16.4. The quantitative estimate of drug-likeness (QED) is 0.370. The third-order valence-corrected chi connectivity index (χ3v) is 4.73. The van der Waals surface area contributed by atoms with E-state index >= 15 is 0 Å². The molecular weight excluding hydrogens is 358 g/mol. The van der Waals surface area contributed by atoms with Gasteiger partial charge in [-0.3, -0.25) is 0 Å². The summed E-state index contributed by atoms with van der Waals surface area (Å²) in [5, 5.41) is 9.86. The number of benzene rings is 2. The Morgan fingerprint density at radius 2 is 1.84 bits per heavy atom. The molecule has 128 valence electrons. The number of rotatable bonds is 6. The highest BCUT2D eigenvalue weighted by Gasteiger charge is 2.12. The average molecular weight is 374 g/mol. The lowest BCUT2D eigenvalue weighted by atomic mass is 10.2. The molecule has 1 heterocycles. The van der Waals surface area contributed by atoms with Crippen molar-refractivity contribution in [3.8, 4) is 11.4 Å².